The van der Waals surface area contributed by atoms with Crippen LogP contribution in [-0.2, 0) is 9.47 Å². The zero-order chi connectivity index (χ0) is 8.48. The molecule has 0 aromatic carbocycles. The minimum atomic E-state index is -1.56. The minimum Gasteiger partial charge on any atom is -0.348 e. The number of rotatable bonds is 2. The van der Waals surface area contributed by atoms with Crippen molar-refractivity contribution in [3.05, 3.63) is 0 Å². The highest BCUT2D eigenvalue weighted by Gasteiger charge is 2.37. The zero-order valence-electron chi connectivity index (χ0n) is 6.64. The number of hydrogen-bond donors (Lipinski definition) is 0. The van der Waals surface area contributed by atoms with Gasteiger partial charge in [0.1, 0.15) is 12.8 Å². The molecule has 0 aromatic rings. The predicted molar refractivity (Wildman–Crippen MR) is 35.8 cm³/mol. The van der Waals surface area contributed by atoms with Crippen molar-refractivity contribution in [3.63, 3.8) is 0 Å². The summed E-state index contributed by atoms with van der Waals surface area (Å²) < 4.78 is 34.5. The predicted octanol–water partition coefficient (Wildman–Crippen LogP) is 1.45. The van der Waals surface area contributed by atoms with Gasteiger partial charge in [0.05, 0.1) is 6.61 Å². The van der Waals surface area contributed by atoms with Crippen molar-refractivity contribution >= 4 is 0 Å². The van der Waals surface area contributed by atoms with E-state index in [2.05, 4.69) is 0 Å². The maximum Gasteiger partial charge on any atom is 0.163 e. The molecule has 1 heterocycles. The Bertz CT molecular complexity index is 138. The van der Waals surface area contributed by atoms with E-state index in [4.69, 9.17) is 9.47 Å². The summed E-state index contributed by atoms with van der Waals surface area (Å²) in [5, 5.41) is 0. The van der Waals surface area contributed by atoms with Crippen molar-refractivity contribution < 1.29 is 18.3 Å². The quantitative estimate of drug-likeness (QED) is 0.618. The van der Waals surface area contributed by atoms with Gasteiger partial charge in [-0.15, -0.1) is 0 Å². The van der Waals surface area contributed by atoms with E-state index in [1.54, 1.807) is 13.8 Å². The molecule has 0 saturated carbocycles. The van der Waals surface area contributed by atoms with E-state index in [1.165, 1.54) is 0 Å². The lowest BCUT2D eigenvalue weighted by Crippen LogP contribution is -2.29. The fourth-order valence-corrected chi connectivity index (χ4v) is 0.993. The summed E-state index contributed by atoms with van der Waals surface area (Å²) in [5.41, 5.74) is 0. The van der Waals surface area contributed by atoms with E-state index in [0.717, 1.165) is 0 Å². The Morgan fingerprint density at radius 2 is 2.27 bits per heavy atom. The molecule has 1 saturated heterocycles. The van der Waals surface area contributed by atoms with Crippen molar-refractivity contribution in [2.75, 3.05) is 13.3 Å². The Labute approximate surface area is 64.5 Å². The summed E-state index contributed by atoms with van der Waals surface area (Å²) in [6.45, 7) is 2.48. The summed E-state index contributed by atoms with van der Waals surface area (Å²) in [5.74, 6) is -0.760. The third kappa shape index (κ3) is 2.10. The van der Waals surface area contributed by atoms with Crippen molar-refractivity contribution in [2.24, 2.45) is 0 Å². The van der Waals surface area contributed by atoms with Gasteiger partial charge in [-0.1, -0.05) is 0 Å². The van der Waals surface area contributed by atoms with Crippen molar-refractivity contribution in [1.82, 2.24) is 0 Å². The smallest absolute Gasteiger partial charge is 0.163 e. The molecule has 0 bridgehead atoms. The normalized spacial score (nSPS) is 32.2. The zero-order valence-corrected chi connectivity index (χ0v) is 6.64. The Kier molecular flexibility index (Phi) is 2.44. The number of hydrogen-bond acceptors (Lipinski definition) is 2. The third-order valence-electron chi connectivity index (χ3n) is 1.58. The third-order valence-corrected chi connectivity index (χ3v) is 1.58. The molecular weight excluding hydrogens is 154 g/mol. The Morgan fingerprint density at radius 1 is 1.64 bits per heavy atom. The van der Waals surface area contributed by atoms with Gasteiger partial charge >= 0.3 is 0 Å². The monoisotopic (exact) mass is 166 g/mol. The van der Waals surface area contributed by atoms with Crippen LogP contribution in [0.15, 0.2) is 0 Å². The Hall–Kier alpha value is -0.220. The highest BCUT2D eigenvalue weighted by molar-refractivity contribution is 4.77. The van der Waals surface area contributed by atoms with Gasteiger partial charge in [0.25, 0.3) is 0 Å². The summed E-state index contributed by atoms with van der Waals surface area (Å²) in [7, 11) is 0. The summed E-state index contributed by atoms with van der Waals surface area (Å²) in [6, 6.07) is 0. The Morgan fingerprint density at radius 3 is 2.64 bits per heavy atom. The fraction of sp³-hybridized carbons (Fsp3) is 1.00. The lowest BCUT2D eigenvalue weighted by Gasteiger charge is -2.17. The molecular formula is C7H12F2O2. The second kappa shape index (κ2) is 3.03. The van der Waals surface area contributed by atoms with Crippen molar-refractivity contribution in [3.8, 4) is 0 Å². The van der Waals surface area contributed by atoms with Gasteiger partial charge in [-0.2, -0.15) is 0 Å². The lowest BCUT2D eigenvalue weighted by atomic mass is 10.2. The fourth-order valence-electron chi connectivity index (χ4n) is 0.993. The van der Waals surface area contributed by atoms with Crippen LogP contribution in [-0.4, -0.2) is 31.3 Å². The molecule has 1 aliphatic heterocycles. The summed E-state index contributed by atoms with van der Waals surface area (Å²) in [6.07, 6.45) is -2.30. The van der Waals surface area contributed by atoms with E-state index in [-0.39, 0.29) is 6.61 Å². The second-order valence-corrected chi connectivity index (χ2v) is 3.04. The first-order chi connectivity index (χ1) is 5.05. The molecule has 1 fully saturated rings. The highest BCUT2D eigenvalue weighted by atomic mass is 19.2. The second-order valence-electron chi connectivity index (χ2n) is 3.04. The topological polar surface area (TPSA) is 18.5 Å². The molecule has 2 atom stereocenters. The first-order valence-electron chi connectivity index (χ1n) is 3.57. The van der Waals surface area contributed by atoms with Crippen molar-refractivity contribution in [1.29, 1.82) is 0 Å². The van der Waals surface area contributed by atoms with Crippen LogP contribution in [0.3, 0.4) is 0 Å². The molecule has 2 unspecified atom stereocenters. The van der Waals surface area contributed by atoms with Crippen LogP contribution < -0.4 is 0 Å². The number of halogens is 2. The standard InChI is InChI=1S/C7H12F2O2/c1-7(2)10-4-6(11-7)5(9)3-8/h5-6H,3-4H2,1-2H3. The van der Waals surface area contributed by atoms with Crippen LogP contribution in [0.2, 0.25) is 0 Å². The van der Waals surface area contributed by atoms with Crippen LogP contribution in [0.1, 0.15) is 13.8 Å². The van der Waals surface area contributed by atoms with Crippen LogP contribution in [0.4, 0.5) is 8.78 Å². The molecule has 1 aliphatic rings. The molecule has 66 valence electrons. The molecule has 4 heteroatoms. The van der Waals surface area contributed by atoms with Crippen LogP contribution in [0.25, 0.3) is 0 Å². The molecule has 0 aliphatic carbocycles. The molecule has 0 amide bonds. The van der Waals surface area contributed by atoms with Crippen molar-refractivity contribution in [2.45, 2.75) is 31.9 Å². The lowest BCUT2D eigenvalue weighted by molar-refractivity contribution is -0.146. The van der Waals surface area contributed by atoms with Gasteiger partial charge in [-0.3, -0.25) is 0 Å². The van der Waals surface area contributed by atoms with E-state index in [9.17, 15) is 8.78 Å². The largest absolute Gasteiger partial charge is 0.348 e. The van der Waals surface area contributed by atoms with E-state index in [0.29, 0.717) is 0 Å². The molecule has 11 heavy (non-hydrogen) atoms. The van der Waals surface area contributed by atoms with Crippen LogP contribution >= 0.6 is 0 Å². The average Bonchev–Trinajstić information content (AvgIpc) is 2.29. The van der Waals surface area contributed by atoms with E-state index < -0.39 is 24.7 Å². The molecule has 0 aromatic heterocycles. The first-order valence-corrected chi connectivity index (χ1v) is 3.57. The van der Waals surface area contributed by atoms with Gasteiger partial charge < -0.3 is 9.47 Å². The maximum atomic E-state index is 12.6. The van der Waals surface area contributed by atoms with Crippen LogP contribution in [0.5, 0.6) is 0 Å². The van der Waals surface area contributed by atoms with Gasteiger partial charge in [0, 0.05) is 0 Å². The molecule has 2 nitrogen and oxygen atoms in total. The molecule has 0 spiro atoms. The first kappa shape index (κ1) is 8.87. The van der Waals surface area contributed by atoms with E-state index >= 15 is 0 Å². The number of alkyl halides is 2. The maximum absolute atomic E-state index is 12.6. The molecule has 0 N–H and O–H groups in total. The number of ether oxygens (including phenoxy) is 2. The van der Waals surface area contributed by atoms with Crippen LogP contribution in [0, 0.1) is 0 Å². The van der Waals surface area contributed by atoms with Gasteiger partial charge in [0.15, 0.2) is 12.0 Å². The average molecular weight is 166 g/mol. The van der Waals surface area contributed by atoms with E-state index in [1.807, 2.05) is 0 Å². The summed E-state index contributed by atoms with van der Waals surface area (Å²) >= 11 is 0. The molecule has 0 radical (unpaired) electrons. The summed E-state index contributed by atoms with van der Waals surface area (Å²) in [4.78, 5) is 0. The Balaban J connectivity index is 2.41. The SMILES string of the molecule is CC1(C)OCC(C(F)CF)O1. The van der Waals surface area contributed by atoms with Gasteiger partial charge in [-0.25, -0.2) is 8.78 Å². The van der Waals surface area contributed by atoms with Gasteiger partial charge in [0.2, 0.25) is 0 Å². The molecule has 1 rings (SSSR count). The van der Waals surface area contributed by atoms with Gasteiger partial charge in [-0.05, 0) is 13.8 Å². The highest BCUT2D eigenvalue weighted by Crippen LogP contribution is 2.25. The minimum absolute atomic E-state index is 0.137.